The monoisotopic (exact) mass is 340 g/mol. The lowest BCUT2D eigenvalue weighted by atomic mass is 9.85. The highest BCUT2D eigenvalue weighted by atomic mass is 16.5. The molecule has 1 aromatic rings. The van der Waals surface area contributed by atoms with Crippen LogP contribution in [-0.4, -0.2) is 36.3 Å². The molecular formula is C19H20N2O4. The number of nitrogens with zero attached hydrogens (tertiary/aromatic N) is 1. The molecule has 1 saturated heterocycles. The lowest BCUT2D eigenvalue weighted by Crippen LogP contribution is -2.35. The van der Waals surface area contributed by atoms with Gasteiger partial charge in [0.1, 0.15) is 5.75 Å². The van der Waals surface area contributed by atoms with Crippen LogP contribution in [0, 0.1) is 23.7 Å². The van der Waals surface area contributed by atoms with Crippen LogP contribution in [0.1, 0.15) is 12.8 Å². The molecule has 1 N–H and O–H groups in total. The van der Waals surface area contributed by atoms with Gasteiger partial charge in [0.2, 0.25) is 17.7 Å². The average Bonchev–Trinajstić information content (AvgIpc) is 3.29. The average molecular weight is 340 g/mol. The van der Waals surface area contributed by atoms with E-state index in [9.17, 15) is 14.4 Å². The van der Waals surface area contributed by atoms with Gasteiger partial charge >= 0.3 is 0 Å². The van der Waals surface area contributed by atoms with Crippen molar-refractivity contribution in [1.82, 2.24) is 4.90 Å². The van der Waals surface area contributed by atoms with Crippen LogP contribution in [0.2, 0.25) is 0 Å². The zero-order valence-electron chi connectivity index (χ0n) is 14.0. The van der Waals surface area contributed by atoms with Crippen LogP contribution in [0.3, 0.4) is 0 Å². The summed E-state index contributed by atoms with van der Waals surface area (Å²) in [6, 6.07) is 7.01. The van der Waals surface area contributed by atoms with E-state index in [4.69, 9.17) is 4.74 Å². The Bertz CT molecular complexity index is 725. The zero-order chi connectivity index (χ0) is 17.6. The fourth-order valence-electron chi connectivity index (χ4n) is 4.30. The van der Waals surface area contributed by atoms with Crippen LogP contribution in [0.15, 0.2) is 36.4 Å². The maximum absolute atomic E-state index is 12.6. The van der Waals surface area contributed by atoms with Gasteiger partial charge in [-0.05, 0) is 42.5 Å². The quantitative estimate of drug-likeness (QED) is 0.655. The second-order valence-corrected chi connectivity index (χ2v) is 6.85. The highest BCUT2D eigenvalue weighted by Gasteiger charge is 2.58. The number of benzene rings is 1. The van der Waals surface area contributed by atoms with Crippen LogP contribution in [0.25, 0.3) is 0 Å². The van der Waals surface area contributed by atoms with E-state index in [1.54, 1.807) is 31.4 Å². The molecule has 0 unspecified atom stereocenters. The van der Waals surface area contributed by atoms with E-state index in [1.807, 2.05) is 0 Å². The summed E-state index contributed by atoms with van der Waals surface area (Å²) < 4.78 is 5.07. The first kappa shape index (κ1) is 15.9. The zero-order valence-corrected chi connectivity index (χ0v) is 14.0. The predicted octanol–water partition coefficient (Wildman–Crippen LogP) is 1.83. The first-order valence-electron chi connectivity index (χ1n) is 8.56. The number of imide groups is 1. The van der Waals surface area contributed by atoms with Gasteiger partial charge in [-0.1, -0.05) is 12.2 Å². The van der Waals surface area contributed by atoms with E-state index >= 15 is 0 Å². The number of carbonyl (C=O) groups is 3. The first-order valence-corrected chi connectivity index (χ1v) is 8.56. The summed E-state index contributed by atoms with van der Waals surface area (Å²) in [7, 11) is 1.58. The molecule has 6 heteroatoms. The van der Waals surface area contributed by atoms with E-state index in [0.29, 0.717) is 11.4 Å². The third-order valence-electron chi connectivity index (χ3n) is 5.50. The van der Waals surface area contributed by atoms with E-state index in [1.165, 1.54) is 4.90 Å². The first-order chi connectivity index (χ1) is 12.1. The number of anilines is 1. The fraction of sp³-hybridized carbons (Fsp3) is 0.421. The Morgan fingerprint density at radius 3 is 2.28 bits per heavy atom. The lowest BCUT2D eigenvalue weighted by Gasteiger charge is -2.17. The van der Waals surface area contributed by atoms with Crippen LogP contribution < -0.4 is 10.1 Å². The molecule has 2 aliphatic carbocycles. The number of hydrogen-bond acceptors (Lipinski definition) is 4. The number of ether oxygens (including phenoxy) is 1. The Kier molecular flexibility index (Phi) is 3.82. The van der Waals surface area contributed by atoms with Crippen molar-refractivity contribution in [2.75, 3.05) is 19.0 Å². The second-order valence-electron chi connectivity index (χ2n) is 6.85. The summed E-state index contributed by atoms with van der Waals surface area (Å²) in [5.41, 5.74) is 0.656. The third kappa shape index (κ3) is 2.62. The van der Waals surface area contributed by atoms with E-state index in [2.05, 4.69) is 17.5 Å². The Balaban J connectivity index is 1.34. The van der Waals surface area contributed by atoms with E-state index < -0.39 is 0 Å². The molecule has 4 rings (SSSR count). The summed E-state index contributed by atoms with van der Waals surface area (Å²) in [4.78, 5) is 38.5. The fourth-order valence-corrected chi connectivity index (χ4v) is 4.30. The van der Waals surface area contributed by atoms with Gasteiger partial charge in [0.15, 0.2) is 0 Å². The molecule has 0 aromatic heterocycles. The molecule has 6 nitrogen and oxygen atoms in total. The van der Waals surface area contributed by atoms with Gasteiger partial charge in [-0.15, -0.1) is 0 Å². The molecule has 4 atom stereocenters. The van der Waals surface area contributed by atoms with Crippen molar-refractivity contribution in [3.8, 4) is 5.75 Å². The van der Waals surface area contributed by atoms with Crippen LogP contribution in [-0.2, 0) is 14.4 Å². The molecule has 1 aliphatic heterocycles. The lowest BCUT2D eigenvalue weighted by molar-refractivity contribution is -0.140. The summed E-state index contributed by atoms with van der Waals surface area (Å²) >= 11 is 0. The molecule has 25 heavy (non-hydrogen) atoms. The topological polar surface area (TPSA) is 75.7 Å². The number of rotatable bonds is 5. The van der Waals surface area contributed by atoms with Crippen molar-refractivity contribution in [1.29, 1.82) is 0 Å². The van der Waals surface area contributed by atoms with Crippen molar-refractivity contribution in [2.45, 2.75) is 12.8 Å². The van der Waals surface area contributed by atoms with E-state index in [-0.39, 0.29) is 54.4 Å². The molecule has 2 bridgehead atoms. The van der Waals surface area contributed by atoms with Crippen LogP contribution in [0.5, 0.6) is 5.75 Å². The molecule has 0 radical (unpaired) electrons. The number of nitrogens with one attached hydrogen (secondary N) is 1. The maximum Gasteiger partial charge on any atom is 0.233 e. The van der Waals surface area contributed by atoms with Crippen molar-refractivity contribution in [3.05, 3.63) is 36.4 Å². The third-order valence-corrected chi connectivity index (χ3v) is 5.50. The minimum Gasteiger partial charge on any atom is -0.497 e. The Morgan fingerprint density at radius 2 is 1.72 bits per heavy atom. The molecule has 1 heterocycles. The van der Waals surface area contributed by atoms with Crippen molar-refractivity contribution >= 4 is 23.4 Å². The number of methoxy groups -OCH3 is 1. The molecule has 1 aromatic carbocycles. The maximum atomic E-state index is 12.6. The minimum atomic E-state index is -0.219. The Hall–Kier alpha value is -2.63. The number of amides is 3. The van der Waals surface area contributed by atoms with Crippen LogP contribution >= 0.6 is 0 Å². The molecule has 130 valence electrons. The predicted molar refractivity (Wildman–Crippen MR) is 90.7 cm³/mol. The van der Waals surface area contributed by atoms with E-state index in [0.717, 1.165) is 6.42 Å². The summed E-state index contributed by atoms with van der Waals surface area (Å²) in [6.07, 6.45) is 5.15. The summed E-state index contributed by atoms with van der Waals surface area (Å²) in [6.45, 7) is 0.145. The minimum absolute atomic E-state index is 0.103. The van der Waals surface area contributed by atoms with Crippen molar-refractivity contribution in [2.24, 2.45) is 23.7 Å². The van der Waals surface area contributed by atoms with Gasteiger partial charge in [-0.3, -0.25) is 19.3 Å². The van der Waals surface area contributed by atoms with Gasteiger partial charge in [0.05, 0.1) is 18.9 Å². The van der Waals surface area contributed by atoms with Crippen molar-refractivity contribution < 1.29 is 19.1 Å². The molecular weight excluding hydrogens is 320 g/mol. The number of likely N-dealkylation sites (tertiary alicyclic amines) is 1. The normalized spacial score (nSPS) is 29.2. The number of hydrogen-bond donors (Lipinski definition) is 1. The molecule has 2 fully saturated rings. The standard InChI is InChI=1S/C19H20N2O4/c1-25-14-6-4-13(5-7-14)20-15(22)8-9-21-18(23)16-11-2-3-12(10-11)17(16)19(21)24/h2-7,11-12,16-17H,8-10H2,1H3,(H,20,22)/t11-,12-,16+,17+/m1/s1. The molecule has 3 amide bonds. The van der Waals surface area contributed by atoms with Gasteiger partial charge in [0.25, 0.3) is 0 Å². The Morgan fingerprint density at radius 1 is 1.12 bits per heavy atom. The van der Waals surface area contributed by atoms with Gasteiger partial charge in [-0.25, -0.2) is 0 Å². The molecule has 3 aliphatic rings. The van der Waals surface area contributed by atoms with Crippen molar-refractivity contribution in [3.63, 3.8) is 0 Å². The summed E-state index contributed by atoms with van der Waals surface area (Å²) in [5.74, 6) is 0.270. The van der Waals surface area contributed by atoms with Gasteiger partial charge in [0, 0.05) is 18.7 Å². The highest BCUT2D eigenvalue weighted by molar-refractivity contribution is 6.06. The highest BCUT2D eigenvalue weighted by Crippen LogP contribution is 2.52. The second kappa shape index (κ2) is 6.02. The summed E-state index contributed by atoms with van der Waals surface area (Å²) in [5, 5.41) is 2.77. The number of fused-ring (bicyclic) bond motifs is 5. The Labute approximate surface area is 145 Å². The van der Waals surface area contributed by atoms with Crippen LogP contribution in [0.4, 0.5) is 5.69 Å². The van der Waals surface area contributed by atoms with Gasteiger partial charge < -0.3 is 10.1 Å². The number of allylic oxidation sites excluding steroid dienone is 2. The SMILES string of the molecule is COc1ccc(NC(=O)CCN2C(=O)[C@@H]3[C@@H](C2=O)[C@@H]2C=C[C@@H]3C2)cc1. The largest absolute Gasteiger partial charge is 0.497 e. The van der Waals surface area contributed by atoms with Gasteiger partial charge in [-0.2, -0.15) is 0 Å². The smallest absolute Gasteiger partial charge is 0.233 e. The molecule has 1 saturated carbocycles. The molecule has 0 spiro atoms. The number of carbonyl (C=O) groups excluding carboxylic acids is 3.